The summed E-state index contributed by atoms with van der Waals surface area (Å²) in [7, 11) is 0. The van der Waals surface area contributed by atoms with E-state index in [4.69, 9.17) is 0 Å². The van der Waals surface area contributed by atoms with E-state index < -0.39 is 0 Å². The fourth-order valence-electron chi connectivity index (χ4n) is 4.28. The highest BCUT2D eigenvalue weighted by molar-refractivity contribution is 5.93. The number of amides is 1. The first-order valence-electron chi connectivity index (χ1n) is 10.2. The highest BCUT2D eigenvalue weighted by atomic mass is 16.2. The van der Waals surface area contributed by atoms with Crippen molar-refractivity contribution in [3.05, 3.63) is 72.3 Å². The monoisotopic (exact) mass is 375 g/mol. The van der Waals surface area contributed by atoms with Crippen LogP contribution in [0.2, 0.25) is 0 Å². The second-order valence-electron chi connectivity index (χ2n) is 7.89. The molecule has 144 valence electrons. The van der Waals surface area contributed by atoms with Gasteiger partial charge in [0.2, 0.25) is 0 Å². The SMILES string of the molecule is O=C(c1cccn1C1CC1)N1CCC[C@H](c2nccn2Cc2ccncc2)C1. The van der Waals surface area contributed by atoms with Crippen LogP contribution in [0.5, 0.6) is 0 Å². The minimum Gasteiger partial charge on any atom is -0.340 e. The van der Waals surface area contributed by atoms with Gasteiger partial charge < -0.3 is 14.0 Å². The molecule has 1 saturated carbocycles. The standard InChI is InChI=1S/C22H25N5O/c28-22(20-4-2-13-27(20)19-5-6-19)26-12-1-3-18(16-26)21-24-11-14-25(21)15-17-7-9-23-10-8-17/h2,4,7-11,13-14,18-19H,1,3,5-6,12,15-16H2/t18-/m0/s1. The molecule has 0 bridgehead atoms. The quantitative estimate of drug-likeness (QED) is 0.686. The number of hydrogen-bond acceptors (Lipinski definition) is 3. The van der Waals surface area contributed by atoms with Crippen molar-refractivity contribution in [2.45, 2.75) is 44.2 Å². The molecule has 0 aromatic carbocycles. The van der Waals surface area contributed by atoms with Crippen LogP contribution in [0.4, 0.5) is 0 Å². The molecule has 0 N–H and O–H groups in total. The number of carbonyl (C=O) groups is 1. The molecule has 2 fully saturated rings. The molecule has 6 nitrogen and oxygen atoms in total. The number of hydrogen-bond donors (Lipinski definition) is 0. The van der Waals surface area contributed by atoms with Crippen molar-refractivity contribution in [2.75, 3.05) is 13.1 Å². The summed E-state index contributed by atoms with van der Waals surface area (Å²) in [5, 5.41) is 0. The van der Waals surface area contributed by atoms with Gasteiger partial charge in [-0.3, -0.25) is 9.78 Å². The van der Waals surface area contributed by atoms with Crippen LogP contribution in [0, 0.1) is 0 Å². The average molecular weight is 375 g/mol. The second kappa shape index (κ2) is 7.26. The normalized spacial score (nSPS) is 19.7. The van der Waals surface area contributed by atoms with Crippen LogP contribution in [-0.4, -0.2) is 43.0 Å². The van der Waals surface area contributed by atoms with Crippen molar-refractivity contribution >= 4 is 5.91 Å². The largest absolute Gasteiger partial charge is 0.340 e. The van der Waals surface area contributed by atoms with E-state index in [2.05, 4.69) is 19.1 Å². The summed E-state index contributed by atoms with van der Waals surface area (Å²) < 4.78 is 4.37. The van der Waals surface area contributed by atoms with Crippen molar-refractivity contribution in [3.8, 4) is 0 Å². The van der Waals surface area contributed by atoms with Crippen LogP contribution in [0.15, 0.2) is 55.2 Å². The lowest BCUT2D eigenvalue weighted by molar-refractivity contribution is 0.0692. The van der Waals surface area contributed by atoms with E-state index in [0.717, 1.165) is 44.0 Å². The number of imidazole rings is 1. The van der Waals surface area contributed by atoms with Gasteiger partial charge in [0, 0.05) is 62.6 Å². The van der Waals surface area contributed by atoms with Gasteiger partial charge in [0.1, 0.15) is 11.5 Å². The van der Waals surface area contributed by atoms with E-state index in [1.165, 1.54) is 18.4 Å². The van der Waals surface area contributed by atoms with E-state index in [9.17, 15) is 4.79 Å². The molecular weight excluding hydrogens is 350 g/mol. The molecule has 6 heteroatoms. The fourth-order valence-corrected chi connectivity index (χ4v) is 4.28. The predicted molar refractivity (Wildman–Crippen MR) is 106 cm³/mol. The summed E-state index contributed by atoms with van der Waals surface area (Å²) in [5.41, 5.74) is 2.04. The van der Waals surface area contributed by atoms with Gasteiger partial charge >= 0.3 is 0 Å². The zero-order valence-corrected chi connectivity index (χ0v) is 15.9. The molecular formula is C22H25N5O. The Balaban J connectivity index is 1.33. The Bertz CT molecular complexity index is 956. The minimum atomic E-state index is 0.161. The first kappa shape index (κ1) is 17.2. The molecule has 2 aliphatic rings. The average Bonchev–Trinajstić information content (AvgIpc) is 3.28. The molecule has 1 aliphatic carbocycles. The fraction of sp³-hybridized carbons (Fsp3) is 0.409. The first-order valence-corrected chi connectivity index (χ1v) is 10.2. The van der Waals surface area contributed by atoms with E-state index in [1.54, 1.807) is 0 Å². The Kier molecular flexibility index (Phi) is 4.47. The third-order valence-corrected chi connectivity index (χ3v) is 5.86. The topological polar surface area (TPSA) is 56.0 Å². The zero-order valence-electron chi connectivity index (χ0n) is 15.9. The summed E-state index contributed by atoms with van der Waals surface area (Å²) in [5.74, 6) is 1.51. The van der Waals surface area contributed by atoms with Crippen molar-refractivity contribution in [3.63, 3.8) is 0 Å². The molecule has 0 unspecified atom stereocenters. The van der Waals surface area contributed by atoms with Gasteiger partial charge in [-0.25, -0.2) is 4.98 Å². The maximum absolute atomic E-state index is 13.2. The molecule has 1 amide bonds. The van der Waals surface area contributed by atoms with Gasteiger partial charge in [-0.2, -0.15) is 0 Å². The van der Waals surface area contributed by atoms with Crippen LogP contribution in [-0.2, 0) is 6.54 Å². The number of pyridine rings is 1. The Hall–Kier alpha value is -2.89. The van der Waals surface area contributed by atoms with Crippen LogP contribution < -0.4 is 0 Å². The number of likely N-dealkylation sites (tertiary alicyclic amines) is 1. The van der Waals surface area contributed by atoms with Crippen LogP contribution in [0.1, 0.15) is 59.5 Å². The molecule has 3 aromatic rings. The van der Waals surface area contributed by atoms with Crippen LogP contribution in [0.3, 0.4) is 0 Å². The Labute approximate surface area is 164 Å². The predicted octanol–water partition coefficient (Wildman–Crippen LogP) is 3.48. The number of carbonyl (C=O) groups excluding carboxylic acids is 1. The lowest BCUT2D eigenvalue weighted by atomic mass is 9.96. The van der Waals surface area contributed by atoms with Gasteiger partial charge in [0.15, 0.2) is 0 Å². The zero-order chi connectivity index (χ0) is 18.9. The maximum Gasteiger partial charge on any atom is 0.270 e. The molecule has 0 spiro atoms. The summed E-state index contributed by atoms with van der Waals surface area (Å²) in [6.45, 7) is 2.35. The van der Waals surface area contributed by atoms with Gasteiger partial charge in [-0.1, -0.05) is 0 Å². The first-order chi connectivity index (χ1) is 13.8. The molecule has 1 atom stereocenters. The molecule has 0 radical (unpaired) electrons. The van der Waals surface area contributed by atoms with E-state index in [-0.39, 0.29) is 11.8 Å². The highest BCUT2D eigenvalue weighted by Gasteiger charge is 2.32. The smallest absolute Gasteiger partial charge is 0.270 e. The van der Waals surface area contributed by atoms with Gasteiger partial charge in [-0.15, -0.1) is 0 Å². The van der Waals surface area contributed by atoms with Gasteiger partial charge in [0.25, 0.3) is 5.91 Å². The van der Waals surface area contributed by atoms with Gasteiger partial charge in [0.05, 0.1) is 0 Å². The molecule has 5 rings (SSSR count). The number of rotatable bonds is 5. The van der Waals surface area contributed by atoms with Crippen molar-refractivity contribution in [1.82, 2.24) is 24.0 Å². The van der Waals surface area contributed by atoms with E-state index >= 15 is 0 Å². The number of aromatic nitrogens is 4. The number of piperidine rings is 1. The molecule has 4 heterocycles. The van der Waals surface area contributed by atoms with Crippen molar-refractivity contribution < 1.29 is 4.79 Å². The molecule has 1 saturated heterocycles. The highest BCUT2D eigenvalue weighted by Crippen LogP contribution is 2.36. The lowest BCUT2D eigenvalue weighted by Gasteiger charge is -2.33. The molecule has 28 heavy (non-hydrogen) atoms. The van der Waals surface area contributed by atoms with Crippen LogP contribution in [0.25, 0.3) is 0 Å². The minimum absolute atomic E-state index is 0.161. The molecule has 3 aromatic heterocycles. The summed E-state index contributed by atoms with van der Waals surface area (Å²) in [6, 6.07) is 8.55. The lowest BCUT2D eigenvalue weighted by Crippen LogP contribution is -2.40. The van der Waals surface area contributed by atoms with Crippen molar-refractivity contribution in [2.24, 2.45) is 0 Å². The van der Waals surface area contributed by atoms with E-state index in [0.29, 0.717) is 6.04 Å². The van der Waals surface area contributed by atoms with Crippen LogP contribution >= 0.6 is 0 Å². The summed E-state index contributed by atoms with van der Waals surface area (Å²) in [6.07, 6.45) is 14.1. The van der Waals surface area contributed by atoms with Gasteiger partial charge in [-0.05, 0) is 55.5 Å². The third-order valence-electron chi connectivity index (χ3n) is 5.86. The van der Waals surface area contributed by atoms with Crippen molar-refractivity contribution in [1.29, 1.82) is 0 Å². The summed E-state index contributed by atoms with van der Waals surface area (Å²) >= 11 is 0. The van der Waals surface area contributed by atoms with E-state index in [1.807, 2.05) is 60.1 Å². The Morgan fingerprint density at radius 2 is 1.93 bits per heavy atom. The Morgan fingerprint density at radius 3 is 2.75 bits per heavy atom. The second-order valence-corrected chi connectivity index (χ2v) is 7.89. The third kappa shape index (κ3) is 3.35. The summed E-state index contributed by atoms with van der Waals surface area (Å²) in [4.78, 5) is 23.9. The molecule has 1 aliphatic heterocycles. The maximum atomic E-state index is 13.2. The number of nitrogens with zero attached hydrogens (tertiary/aromatic N) is 5. The Morgan fingerprint density at radius 1 is 1.07 bits per heavy atom.